The van der Waals surface area contributed by atoms with Crippen molar-refractivity contribution in [2.45, 2.75) is 6.54 Å². The molecule has 0 aliphatic rings. The molecule has 0 amide bonds. The number of nitrogens with one attached hydrogen (secondary N) is 1. The Kier molecular flexibility index (Phi) is 3.21. The Bertz CT molecular complexity index is 733. The summed E-state index contributed by atoms with van der Waals surface area (Å²) >= 11 is 0. The smallest absolute Gasteiger partial charge is 0.127 e. The number of fused-ring (bicyclic) bond motifs is 1. The van der Waals surface area contributed by atoms with Crippen molar-refractivity contribution in [1.82, 2.24) is 4.98 Å². The van der Waals surface area contributed by atoms with Crippen molar-refractivity contribution in [2.24, 2.45) is 0 Å². The van der Waals surface area contributed by atoms with Crippen LogP contribution in [-0.4, -0.2) is 10.1 Å². The SMILES string of the molecule is Oc1cc(F)cc(CNc2cccc3ccncc23)c1. The van der Waals surface area contributed by atoms with Crippen LogP contribution in [0.1, 0.15) is 5.56 Å². The molecule has 1 heterocycles. The minimum atomic E-state index is -0.443. The highest BCUT2D eigenvalue weighted by Crippen LogP contribution is 2.23. The van der Waals surface area contributed by atoms with Gasteiger partial charge >= 0.3 is 0 Å². The van der Waals surface area contributed by atoms with E-state index < -0.39 is 5.82 Å². The summed E-state index contributed by atoms with van der Waals surface area (Å²) in [4.78, 5) is 4.12. The molecule has 0 saturated heterocycles. The van der Waals surface area contributed by atoms with E-state index in [4.69, 9.17) is 0 Å². The molecular weight excluding hydrogens is 255 g/mol. The van der Waals surface area contributed by atoms with Gasteiger partial charge in [0.25, 0.3) is 0 Å². The summed E-state index contributed by atoms with van der Waals surface area (Å²) in [5, 5.41) is 14.7. The Labute approximate surface area is 115 Å². The fourth-order valence-electron chi connectivity index (χ4n) is 2.20. The van der Waals surface area contributed by atoms with Crippen molar-refractivity contribution in [3.63, 3.8) is 0 Å². The largest absolute Gasteiger partial charge is 0.508 e. The van der Waals surface area contributed by atoms with Gasteiger partial charge < -0.3 is 10.4 Å². The molecule has 100 valence electrons. The molecule has 0 aliphatic carbocycles. The molecule has 2 aromatic carbocycles. The molecule has 20 heavy (non-hydrogen) atoms. The monoisotopic (exact) mass is 268 g/mol. The van der Waals surface area contributed by atoms with Crippen LogP contribution in [0.2, 0.25) is 0 Å². The van der Waals surface area contributed by atoms with E-state index in [0.29, 0.717) is 12.1 Å². The molecule has 4 heteroatoms. The van der Waals surface area contributed by atoms with Crippen LogP contribution in [0.4, 0.5) is 10.1 Å². The molecule has 0 atom stereocenters. The summed E-state index contributed by atoms with van der Waals surface area (Å²) in [5.41, 5.74) is 1.61. The minimum absolute atomic E-state index is 0.0682. The van der Waals surface area contributed by atoms with Crippen LogP contribution in [-0.2, 0) is 6.54 Å². The van der Waals surface area contributed by atoms with Crippen molar-refractivity contribution >= 4 is 16.5 Å². The van der Waals surface area contributed by atoms with Gasteiger partial charge in [-0.1, -0.05) is 12.1 Å². The van der Waals surface area contributed by atoms with Gasteiger partial charge in [-0.15, -0.1) is 0 Å². The molecule has 3 nitrogen and oxygen atoms in total. The van der Waals surface area contributed by atoms with E-state index in [1.54, 1.807) is 18.5 Å². The lowest BCUT2D eigenvalue weighted by Crippen LogP contribution is -2.00. The number of phenols is 1. The molecule has 0 aliphatic heterocycles. The van der Waals surface area contributed by atoms with Gasteiger partial charge in [-0.3, -0.25) is 4.98 Å². The number of anilines is 1. The first-order valence-electron chi connectivity index (χ1n) is 6.27. The molecule has 0 spiro atoms. The number of halogens is 1. The van der Waals surface area contributed by atoms with E-state index in [9.17, 15) is 9.50 Å². The quantitative estimate of drug-likeness (QED) is 0.761. The predicted octanol–water partition coefficient (Wildman–Crippen LogP) is 3.69. The normalized spacial score (nSPS) is 10.7. The number of aromatic nitrogens is 1. The number of hydrogen-bond acceptors (Lipinski definition) is 3. The van der Waals surface area contributed by atoms with Gasteiger partial charge in [0, 0.05) is 36.1 Å². The topological polar surface area (TPSA) is 45.1 Å². The first-order valence-corrected chi connectivity index (χ1v) is 6.27. The summed E-state index contributed by atoms with van der Waals surface area (Å²) in [6.45, 7) is 0.430. The Balaban J connectivity index is 1.87. The van der Waals surface area contributed by atoms with Gasteiger partial charge in [0.2, 0.25) is 0 Å². The third-order valence-corrected chi connectivity index (χ3v) is 3.11. The average Bonchev–Trinajstić information content (AvgIpc) is 2.44. The zero-order chi connectivity index (χ0) is 13.9. The highest BCUT2D eigenvalue weighted by Gasteiger charge is 2.03. The first-order chi connectivity index (χ1) is 9.72. The van der Waals surface area contributed by atoms with Crippen LogP contribution < -0.4 is 5.32 Å². The lowest BCUT2D eigenvalue weighted by Gasteiger charge is -2.10. The Morgan fingerprint density at radius 2 is 2.05 bits per heavy atom. The number of phenolic OH excluding ortho intramolecular Hbond substituents is 1. The van der Waals surface area contributed by atoms with E-state index in [2.05, 4.69) is 10.3 Å². The molecule has 0 unspecified atom stereocenters. The first kappa shape index (κ1) is 12.4. The summed E-state index contributed by atoms with van der Waals surface area (Å²) in [5.74, 6) is -0.511. The Hall–Kier alpha value is -2.62. The van der Waals surface area contributed by atoms with Crippen molar-refractivity contribution in [2.75, 3.05) is 5.32 Å². The third kappa shape index (κ3) is 2.54. The maximum absolute atomic E-state index is 13.2. The molecule has 3 aromatic rings. The number of nitrogens with zero attached hydrogens (tertiary/aromatic N) is 1. The second kappa shape index (κ2) is 5.17. The molecule has 3 rings (SSSR count). The van der Waals surface area contributed by atoms with E-state index in [1.165, 1.54) is 6.07 Å². The lowest BCUT2D eigenvalue weighted by molar-refractivity contribution is 0.468. The van der Waals surface area contributed by atoms with Crippen molar-refractivity contribution in [3.05, 3.63) is 66.2 Å². The molecule has 0 radical (unpaired) electrons. The summed E-state index contributed by atoms with van der Waals surface area (Å²) in [6, 6.07) is 11.9. The third-order valence-electron chi connectivity index (χ3n) is 3.11. The lowest BCUT2D eigenvalue weighted by atomic mass is 10.1. The zero-order valence-corrected chi connectivity index (χ0v) is 10.7. The average molecular weight is 268 g/mol. The molecule has 0 saturated carbocycles. The Morgan fingerprint density at radius 1 is 1.15 bits per heavy atom. The van der Waals surface area contributed by atoms with Crippen molar-refractivity contribution in [3.8, 4) is 5.75 Å². The van der Waals surface area contributed by atoms with Gasteiger partial charge in [0.1, 0.15) is 11.6 Å². The molecule has 2 N–H and O–H groups in total. The molecular formula is C16H13FN2O. The number of hydrogen-bond donors (Lipinski definition) is 2. The van der Waals surface area contributed by atoms with E-state index in [1.807, 2.05) is 24.3 Å². The van der Waals surface area contributed by atoms with Crippen molar-refractivity contribution in [1.29, 1.82) is 0 Å². The van der Waals surface area contributed by atoms with Crippen molar-refractivity contribution < 1.29 is 9.50 Å². The summed E-state index contributed by atoms with van der Waals surface area (Å²) in [6.07, 6.45) is 3.54. The van der Waals surface area contributed by atoms with Gasteiger partial charge in [-0.25, -0.2) is 4.39 Å². The predicted molar refractivity (Wildman–Crippen MR) is 77.1 cm³/mol. The number of pyridine rings is 1. The van der Waals surface area contributed by atoms with Crippen LogP contribution in [0.5, 0.6) is 5.75 Å². The van der Waals surface area contributed by atoms with Crippen LogP contribution in [0.3, 0.4) is 0 Å². The summed E-state index contributed by atoms with van der Waals surface area (Å²) in [7, 11) is 0. The highest BCUT2D eigenvalue weighted by molar-refractivity contribution is 5.93. The van der Waals surface area contributed by atoms with Gasteiger partial charge in [-0.2, -0.15) is 0 Å². The van der Waals surface area contributed by atoms with Gasteiger partial charge in [0.15, 0.2) is 0 Å². The maximum Gasteiger partial charge on any atom is 0.127 e. The standard InChI is InChI=1S/C16H13FN2O/c17-13-6-11(7-14(20)8-13)9-19-16-3-1-2-12-4-5-18-10-15(12)16/h1-8,10,19-20H,9H2. The van der Waals surface area contributed by atoms with Gasteiger partial charge in [-0.05, 0) is 35.2 Å². The number of aromatic hydroxyl groups is 1. The highest BCUT2D eigenvalue weighted by atomic mass is 19.1. The molecule has 0 fully saturated rings. The van der Waals surface area contributed by atoms with E-state index in [0.717, 1.165) is 22.5 Å². The van der Waals surface area contributed by atoms with Crippen LogP contribution in [0.15, 0.2) is 54.9 Å². The maximum atomic E-state index is 13.2. The van der Waals surface area contributed by atoms with E-state index >= 15 is 0 Å². The van der Waals surface area contributed by atoms with Crippen LogP contribution >= 0.6 is 0 Å². The van der Waals surface area contributed by atoms with Crippen LogP contribution in [0, 0.1) is 5.82 Å². The second-order valence-electron chi connectivity index (χ2n) is 4.57. The fourth-order valence-corrected chi connectivity index (χ4v) is 2.20. The Morgan fingerprint density at radius 3 is 2.90 bits per heavy atom. The molecule has 0 bridgehead atoms. The fraction of sp³-hybridized carbons (Fsp3) is 0.0625. The van der Waals surface area contributed by atoms with Crippen LogP contribution in [0.25, 0.3) is 10.8 Å². The van der Waals surface area contributed by atoms with E-state index in [-0.39, 0.29) is 5.75 Å². The number of benzene rings is 2. The minimum Gasteiger partial charge on any atom is -0.508 e. The second-order valence-corrected chi connectivity index (χ2v) is 4.57. The molecule has 1 aromatic heterocycles. The zero-order valence-electron chi connectivity index (χ0n) is 10.7. The summed E-state index contributed by atoms with van der Waals surface area (Å²) < 4.78 is 13.2. The number of rotatable bonds is 3. The van der Waals surface area contributed by atoms with Gasteiger partial charge in [0.05, 0.1) is 0 Å².